The Morgan fingerprint density at radius 2 is 2.44 bits per heavy atom. The highest BCUT2D eigenvalue weighted by Gasteiger charge is 2.28. The Balaban J connectivity index is 2.33. The van der Waals surface area contributed by atoms with E-state index in [4.69, 9.17) is 16.9 Å². The number of aryl methyl sites for hydroxylation is 1. The Morgan fingerprint density at radius 1 is 1.69 bits per heavy atom. The molecule has 2 N–H and O–H groups in total. The number of hydrogen-bond acceptors (Lipinski definition) is 4. The standard InChI is InChI=1S/C9H9BINO2S2/c1-5-2-6-4-14-10(13)7(6)3-8(5)12-9(15)16-11/h2-3,13H,4H2,1H3,(H,12,15). The Bertz CT molecular complexity index is 444. The summed E-state index contributed by atoms with van der Waals surface area (Å²) in [5.41, 5.74) is 3.90. The van der Waals surface area contributed by atoms with Crippen LogP contribution in [0, 0.1) is 6.92 Å². The Kier molecular flexibility index (Phi) is 4.12. The number of benzene rings is 1. The molecule has 1 aromatic carbocycles. The smallest absolute Gasteiger partial charge is 0.423 e. The van der Waals surface area contributed by atoms with Gasteiger partial charge in [-0.3, -0.25) is 0 Å². The van der Waals surface area contributed by atoms with Crippen LogP contribution in [0.4, 0.5) is 5.69 Å². The quantitative estimate of drug-likeness (QED) is 0.453. The maximum Gasteiger partial charge on any atom is 0.491 e. The number of rotatable bonds is 1. The first-order chi connectivity index (χ1) is 7.61. The fourth-order valence-electron chi connectivity index (χ4n) is 1.66. The molecule has 0 amide bonds. The molecule has 0 radical (unpaired) electrons. The van der Waals surface area contributed by atoms with Crippen LogP contribution >= 0.6 is 42.4 Å². The second-order valence-electron chi connectivity index (χ2n) is 3.52. The van der Waals surface area contributed by atoms with Gasteiger partial charge in [0, 0.05) is 26.9 Å². The normalized spacial score (nSPS) is 13.8. The number of hydrogen-bond donors (Lipinski definition) is 2. The molecule has 0 unspecified atom stereocenters. The van der Waals surface area contributed by atoms with E-state index in [1.165, 1.54) is 8.93 Å². The molecule has 0 aliphatic carbocycles. The zero-order valence-electron chi connectivity index (χ0n) is 8.49. The third-order valence-corrected chi connectivity index (χ3v) is 5.27. The fourth-order valence-corrected chi connectivity index (χ4v) is 2.25. The largest absolute Gasteiger partial charge is 0.491 e. The van der Waals surface area contributed by atoms with E-state index in [9.17, 15) is 5.02 Å². The number of anilines is 1. The predicted molar refractivity (Wildman–Crippen MR) is 81.4 cm³/mol. The minimum Gasteiger partial charge on any atom is -0.423 e. The first-order valence-electron chi connectivity index (χ1n) is 4.64. The Labute approximate surface area is 116 Å². The van der Waals surface area contributed by atoms with E-state index in [1.807, 2.05) is 19.1 Å². The van der Waals surface area contributed by atoms with Crippen molar-refractivity contribution in [3.63, 3.8) is 0 Å². The molecule has 0 spiro atoms. The van der Waals surface area contributed by atoms with Crippen molar-refractivity contribution in [2.45, 2.75) is 13.5 Å². The number of nitrogens with one attached hydrogen (secondary N) is 1. The van der Waals surface area contributed by atoms with E-state index >= 15 is 0 Å². The zero-order valence-corrected chi connectivity index (χ0v) is 12.3. The molecular formula is C9H9BINO2S2. The van der Waals surface area contributed by atoms with Gasteiger partial charge in [0.1, 0.15) is 4.32 Å². The second-order valence-corrected chi connectivity index (χ2v) is 6.07. The van der Waals surface area contributed by atoms with E-state index in [0.29, 0.717) is 10.9 Å². The molecule has 0 atom stereocenters. The van der Waals surface area contributed by atoms with E-state index in [0.717, 1.165) is 22.3 Å². The Morgan fingerprint density at radius 3 is 3.12 bits per heavy atom. The van der Waals surface area contributed by atoms with Gasteiger partial charge < -0.3 is 15.0 Å². The van der Waals surface area contributed by atoms with E-state index < -0.39 is 7.12 Å². The monoisotopic (exact) mass is 365 g/mol. The molecule has 2 rings (SSSR count). The van der Waals surface area contributed by atoms with Gasteiger partial charge in [0.05, 0.1) is 6.61 Å². The van der Waals surface area contributed by atoms with Crippen LogP contribution in [0.3, 0.4) is 0 Å². The average Bonchev–Trinajstić information content (AvgIpc) is 2.61. The second kappa shape index (κ2) is 5.22. The van der Waals surface area contributed by atoms with Gasteiger partial charge >= 0.3 is 7.12 Å². The summed E-state index contributed by atoms with van der Waals surface area (Å²) in [4.78, 5) is 0. The summed E-state index contributed by atoms with van der Waals surface area (Å²) in [5.74, 6) is 0. The molecule has 0 aromatic heterocycles. The first kappa shape index (κ1) is 12.6. The van der Waals surface area contributed by atoms with Crippen LogP contribution in [0.25, 0.3) is 0 Å². The van der Waals surface area contributed by atoms with Gasteiger partial charge in [0.15, 0.2) is 0 Å². The number of fused-ring (bicyclic) bond motifs is 1. The van der Waals surface area contributed by atoms with Crippen LogP contribution in [0.5, 0.6) is 0 Å². The van der Waals surface area contributed by atoms with Gasteiger partial charge in [-0.1, -0.05) is 18.3 Å². The summed E-state index contributed by atoms with van der Waals surface area (Å²) in [6.45, 7) is 2.48. The lowest BCUT2D eigenvalue weighted by Crippen LogP contribution is -2.28. The van der Waals surface area contributed by atoms with Gasteiger partial charge in [-0.2, -0.15) is 0 Å². The van der Waals surface area contributed by atoms with Crippen molar-refractivity contribution in [3.05, 3.63) is 23.3 Å². The third kappa shape index (κ3) is 2.53. The summed E-state index contributed by atoms with van der Waals surface area (Å²) in [6.07, 6.45) is 0. The first-order valence-corrected chi connectivity index (χ1v) is 8.41. The van der Waals surface area contributed by atoms with Crippen LogP contribution in [-0.4, -0.2) is 16.5 Å². The van der Waals surface area contributed by atoms with E-state index in [1.54, 1.807) is 0 Å². The molecule has 0 bridgehead atoms. The molecule has 7 heteroatoms. The van der Waals surface area contributed by atoms with Crippen molar-refractivity contribution in [1.29, 1.82) is 0 Å². The lowest BCUT2D eigenvalue weighted by molar-refractivity contribution is 0.275. The minimum atomic E-state index is -0.808. The van der Waals surface area contributed by atoms with Crippen molar-refractivity contribution in [3.8, 4) is 0 Å². The molecule has 1 aliphatic heterocycles. The molecule has 0 saturated carbocycles. The maximum atomic E-state index is 9.60. The van der Waals surface area contributed by atoms with Crippen LogP contribution in [0.2, 0.25) is 0 Å². The van der Waals surface area contributed by atoms with E-state index in [2.05, 4.69) is 26.5 Å². The van der Waals surface area contributed by atoms with Gasteiger partial charge in [0.25, 0.3) is 0 Å². The summed E-state index contributed by atoms with van der Waals surface area (Å²) in [5, 5.41) is 12.7. The van der Waals surface area contributed by atoms with Crippen molar-refractivity contribution >= 4 is 64.9 Å². The fraction of sp³-hybridized carbons (Fsp3) is 0.222. The molecule has 0 saturated heterocycles. The SMILES string of the molecule is Cc1cc2c(cc1NC(=S)SI)B(O)OC2. The zero-order chi connectivity index (χ0) is 11.7. The Hall–Kier alpha value is 0.175. The average molecular weight is 365 g/mol. The molecule has 0 fully saturated rings. The van der Waals surface area contributed by atoms with Crippen LogP contribution in [-0.2, 0) is 11.3 Å². The van der Waals surface area contributed by atoms with Crippen LogP contribution < -0.4 is 10.8 Å². The lowest BCUT2D eigenvalue weighted by atomic mass is 9.79. The molecular weight excluding hydrogens is 356 g/mol. The van der Waals surface area contributed by atoms with Crippen molar-refractivity contribution < 1.29 is 9.68 Å². The molecule has 1 aliphatic rings. The van der Waals surface area contributed by atoms with Gasteiger partial charge in [-0.25, -0.2) is 0 Å². The summed E-state index contributed by atoms with van der Waals surface area (Å²) < 4.78 is 5.86. The van der Waals surface area contributed by atoms with Crippen molar-refractivity contribution in [2.75, 3.05) is 5.32 Å². The van der Waals surface area contributed by atoms with Gasteiger partial charge in [0.2, 0.25) is 0 Å². The minimum absolute atomic E-state index is 0.475. The highest BCUT2D eigenvalue weighted by Crippen LogP contribution is 2.22. The number of thiocarbonyl (C=S) groups is 1. The predicted octanol–water partition coefficient (Wildman–Crippen LogP) is 1.99. The van der Waals surface area contributed by atoms with Crippen LogP contribution in [0.15, 0.2) is 12.1 Å². The highest BCUT2D eigenvalue weighted by atomic mass is 127. The topological polar surface area (TPSA) is 41.5 Å². The molecule has 1 aromatic rings. The van der Waals surface area contributed by atoms with Gasteiger partial charge in [-0.15, -0.1) is 0 Å². The van der Waals surface area contributed by atoms with Crippen molar-refractivity contribution in [1.82, 2.24) is 0 Å². The molecule has 84 valence electrons. The van der Waals surface area contributed by atoms with Crippen molar-refractivity contribution in [2.24, 2.45) is 0 Å². The lowest BCUT2D eigenvalue weighted by Gasteiger charge is -2.10. The third-order valence-electron chi connectivity index (χ3n) is 2.46. The van der Waals surface area contributed by atoms with Crippen LogP contribution in [0.1, 0.15) is 11.1 Å². The summed E-state index contributed by atoms with van der Waals surface area (Å²) in [6, 6.07) is 3.93. The summed E-state index contributed by atoms with van der Waals surface area (Å²) in [7, 11) is 0.651. The summed E-state index contributed by atoms with van der Waals surface area (Å²) >= 11 is 7.24. The number of halogens is 1. The van der Waals surface area contributed by atoms with Gasteiger partial charge in [-0.05, 0) is 38.5 Å². The highest BCUT2D eigenvalue weighted by molar-refractivity contribution is 14.2. The molecule has 1 heterocycles. The molecule has 3 nitrogen and oxygen atoms in total. The maximum absolute atomic E-state index is 9.60. The molecule has 16 heavy (non-hydrogen) atoms. The van der Waals surface area contributed by atoms with E-state index in [-0.39, 0.29) is 0 Å².